The van der Waals surface area contributed by atoms with Gasteiger partial charge >= 0.3 is 5.69 Å². The van der Waals surface area contributed by atoms with Crippen molar-refractivity contribution in [3.8, 4) is 0 Å². The van der Waals surface area contributed by atoms with Crippen LogP contribution in [0.25, 0.3) is 10.9 Å². The fourth-order valence-electron chi connectivity index (χ4n) is 5.44. The van der Waals surface area contributed by atoms with E-state index in [1.165, 1.54) is 4.57 Å². The maximum atomic E-state index is 13.6. The lowest BCUT2D eigenvalue weighted by molar-refractivity contribution is -0.126. The molecule has 0 radical (unpaired) electrons. The number of carbonyl (C=O) groups excluding carboxylic acids is 1. The quantitative estimate of drug-likeness (QED) is 0.406. The number of para-hydroxylation sites is 1. The summed E-state index contributed by atoms with van der Waals surface area (Å²) in [5.74, 6) is 0.258. The van der Waals surface area contributed by atoms with Gasteiger partial charge in [0.25, 0.3) is 5.56 Å². The molecule has 1 amide bonds. The molecular weight excluding hydrogens is 462 g/mol. The van der Waals surface area contributed by atoms with Crippen LogP contribution in [0.5, 0.6) is 0 Å². The van der Waals surface area contributed by atoms with Crippen molar-refractivity contribution in [3.63, 3.8) is 0 Å². The van der Waals surface area contributed by atoms with E-state index in [2.05, 4.69) is 5.32 Å². The van der Waals surface area contributed by atoms with Gasteiger partial charge < -0.3 is 5.32 Å². The van der Waals surface area contributed by atoms with Gasteiger partial charge in [0.1, 0.15) is 0 Å². The van der Waals surface area contributed by atoms with Gasteiger partial charge in [-0.25, -0.2) is 4.79 Å². The second-order valence-corrected chi connectivity index (χ2v) is 10.1. The molecule has 0 bridgehead atoms. The number of nitrogens with zero attached hydrogens (tertiary/aromatic N) is 2. The van der Waals surface area contributed by atoms with Gasteiger partial charge in [-0.3, -0.25) is 18.7 Å². The average Bonchev–Trinajstić information content (AvgIpc) is 2.94. The smallest absolute Gasteiger partial charge is 0.331 e. The summed E-state index contributed by atoms with van der Waals surface area (Å²) >= 11 is 0. The first-order valence-corrected chi connectivity index (χ1v) is 13.1. The zero-order chi connectivity index (χ0) is 25.8. The molecule has 4 aromatic rings. The van der Waals surface area contributed by atoms with Crippen LogP contribution < -0.4 is 16.6 Å². The highest BCUT2D eigenvalue weighted by Gasteiger charge is 2.27. The third-order valence-electron chi connectivity index (χ3n) is 7.69. The summed E-state index contributed by atoms with van der Waals surface area (Å²) in [5, 5.41) is 3.62. The van der Waals surface area contributed by atoms with Crippen LogP contribution in [0, 0.1) is 18.8 Å². The summed E-state index contributed by atoms with van der Waals surface area (Å²) in [6.45, 7) is 3.37. The number of nitrogens with one attached hydrogen (secondary N) is 1. The van der Waals surface area contributed by atoms with E-state index in [0.29, 0.717) is 30.5 Å². The molecule has 1 fully saturated rings. The minimum Gasteiger partial charge on any atom is -0.352 e. The Morgan fingerprint density at radius 1 is 0.838 bits per heavy atom. The second-order valence-electron chi connectivity index (χ2n) is 10.1. The monoisotopic (exact) mass is 495 g/mol. The number of rotatable bonds is 7. The van der Waals surface area contributed by atoms with Gasteiger partial charge in [0.2, 0.25) is 5.91 Å². The fourth-order valence-corrected chi connectivity index (χ4v) is 5.44. The zero-order valence-electron chi connectivity index (χ0n) is 21.2. The molecular formula is C31H33N3O3. The number of hydrogen-bond acceptors (Lipinski definition) is 3. The summed E-state index contributed by atoms with van der Waals surface area (Å²) in [7, 11) is 0. The minimum absolute atomic E-state index is 0.0222. The molecule has 1 aliphatic rings. The van der Waals surface area contributed by atoms with Crippen molar-refractivity contribution in [2.24, 2.45) is 11.8 Å². The lowest BCUT2D eigenvalue weighted by Gasteiger charge is -2.28. The maximum Gasteiger partial charge on any atom is 0.331 e. The Hall–Kier alpha value is -3.93. The highest BCUT2D eigenvalue weighted by atomic mass is 16.2. The van der Waals surface area contributed by atoms with Crippen LogP contribution in [0.15, 0.2) is 88.5 Å². The SMILES string of the molecule is Cc1ccccc1Cn1c(=O)n(CC2CCC(C(=O)NCc3ccccc3)CC2)c(=O)c2ccccc21. The predicted octanol–water partition coefficient (Wildman–Crippen LogP) is 4.64. The number of aryl methyl sites for hydroxylation is 1. The lowest BCUT2D eigenvalue weighted by atomic mass is 9.81. The van der Waals surface area contributed by atoms with Gasteiger partial charge in [0.15, 0.2) is 0 Å². The van der Waals surface area contributed by atoms with E-state index in [1.807, 2.05) is 79.7 Å². The molecule has 1 aromatic heterocycles. The maximum absolute atomic E-state index is 13.6. The van der Waals surface area contributed by atoms with Crippen molar-refractivity contribution in [1.29, 1.82) is 0 Å². The molecule has 3 aromatic carbocycles. The minimum atomic E-state index is -0.269. The molecule has 1 N–H and O–H groups in total. The van der Waals surface area contributed by atoms with Crippen LogP contribution in [0.4, 0.5) is 0 Å². The van der Waals surface area contributed by atoms with Crippen LogP contribution in [-0.2, 0) is 24.4 Å². The molecule has 37 heavy (non-hydrogen) atoms. The van der Waals surface area contributed by atoms with Crippen LogP contribution in [0.3, 0.4) is 0 Å². The summed E-state index contributed by atoms with van der Waals surface area (Å²) < 4.78 is 3.14. The standard InChI is InChI=1S/C31H33N3O3/c1-22-9-5-6-12-26(22)21-33-28-14-8-7-13-27(28)30(36)34(31(33)37)20-24-15-17-25(18-16-24)29(35)32-19-23-10-3-2-4-11-23/h2-14,24-25H,15-21H2,1H3,(H,32,35). The normalized spacial score (nSPS) is 17.5. The highest BCUT2D eigenvalue weighted by Crippen LogP contribution is 2.30. The summed E-state index contributed by atoms with van der Waals surface area (Å²) in [6.07, 6.45) is 3.18. The third-order valence-corrected chi connectivity index (χ3v) is 7.69. The molecule has 1 heterocycles. The molecule has 0 atom stereocenters. The first kappa shape index (κ1) is 24.8. The van der Waals surface area contributed by atoms with Gasteiger partial charge in [0.05, 0.1) is 17.4 Å². The lowest BCUT2D eigenvalue weighted by Crippen LogP contribution is -2.42. The Balaban J connectivity index is 1.32. The second kappa shape index (κ2) is 11.0. The van der Waals surface area contributed by atoms with Crippen molar-refractivity contribution in [2.75, 3.05) is 0 Å². The number of benzene rings is 3. The van der Waals surface area contributed by atoms with Gasteiger partial charge in [-0.1, -0.05) is 66.7 Å². The molecule has 6 heteroatoms. The number of amides is 1. The zero-order valence-corrected chi connectivity index (χ0v) is 21.2. The third kappa shape index (κ3) is 5.43. The summed E-state index contributed by atoms with van der Waals surface area (Å²) in [5.41, 5.74) is 3.42. The highest BCUT2D eigenvalue weighted by molar-refractivity contribution is 5.79. The number of hydrogen-bond donors (Lipinski definition) is 1. The first-order chi connectivity index (χ1) is 18.0. The molecule has 0 spiro atoms. The molecule has 5 rings (SSSR count). The molecule has 1 saturated carbocycles. The molecule has 190 valence electrons. The van der Waals surface area contributed by atoms with E-state index in [9.17, 15) is 14.4 Å². The molecule has 1 aliphatic carbocycles. The predicted molar refractivity (Wildman–Crippen MR) is 146 cm³/mol. The first-order valence-electron chi connectivity index (χ1n) is 13.1. The van der Waals surface area contributed by atoms with Crippen molar-refractivity contribution in [2.45, 2.75) is 52.2 Å². The van der Waals surface area contributed by atoms with Gasteiger partial charge in [-0.2, -0.15) is 0 Å². The largest absolute Gasteiger partial charge is 0.352 e. The van der Waals surface area contributed by atoms with E-state index in [0.717, 1.165) is 42.4 Å². The van der Waals surface area contributed by atoms with Crippen molar-refractivity contribution >= 4 is 16.8 Å². The van der Waals surface area contributed by atoms with Gasteiger partial charge in [0, 0.05) is 19.0 Å². The molecule has 0 saturated heterocycles. The summed E-state index contributed by atoms with van der Waals surface area (Å²) in [6, 6.07) is 25.3. The van der Waals surface area contributed by atoms with E-state index in [-0.39, 0.29) is 29.0 Å². The fraction of sp³-hybridized carbons (Fsp3) is 0.323. The van der Waals surface area contributed by atoms with E-state index in [4.69, 9.17) is 0 Å². The van der Waals surface area contributed by atoms with Crippen LogP contribution in [0.1, 0.15) is 42.4 Å². The van der Waals surface area contributed by atoms with Crippen LogP contribution in [0.2, 0.25) is 0 Å². The van der Waals surface area contributed by atoms with Crippen molar-refractivity contribution in [1.82, 2.24) is 14.5 Å². The van der Waals surface area contributed by atoms with E-state index in [1.54, 1.807) is 10.6 Å². The van der Waals surface area contributed by atoms with E-state index < -0.39 is 0 Å². The van der Waals surface area contributed by atoms with Gasteiger partial charge in [-0.05, 0) is 67.3 Å². The summed E-state index contributed by atoms with van der Waals surface area (Å²) in [4.78, 5) is 39.7. The Labute approximate surface area is 216 Å². The van der Waals surface area contributed by atoms with Crippen molar-refractivity contribution < 1.29 is 4.79 Å². The van der Waals surface area contributed by atoms with Crippen molar-refractivity contribution in [3.05, 3.63) is 116 Å². The topological polar surface area (TPSA) is 73.1 Å². The Kier molecular flexibility index (Phi) is 7.35. The number of carbonyl (C=O) groups is 1. The van der Waals surface area contributed by atoms with Gasteiger partial charge in [-0.15, -0.1) is 0 Å². The molecule has 0 unspecified atom stereocenters. The van der Waals surface area contributed by atoms with Crippen LogP contribution >= 0.6 is 0 Å². The number of aromatic nitrogens is 2. The molecule has 0 aliphatic heterocycles. The van der Waals surface area contributed by atoms with Crippen LogP contribution in [-0.4, -0.2) is 15.0 Å². The molecule has 6 nitrogen and oxygen atoms in total. The average molecular weight is 496 g/mol. The Morgan fingerprint density at radius 2 is 1.51 bits per heavy atom. The Bertz CT molecular complexity index is 1510. The Morgan fingerprint density at radius 3 is 2.27 bits per heavy atom. The number of fused-ring (bicyclic) bond motifs is 1. The van der Waals surface area contributed by atoms with E-state index >= 15 is 0 Å².